The van der Waals surface area contributed by atoms with Crippen molar-refractivity contribution < 1.29 is 33.9 Å². The van der Waals surface area contributed by atoms with Gasteiger partial charge in [0.15, 0.2) is 0 Å². The van der Waals surface area contributed by atoms with Gasteiger partial charge in [-0.15, -0.1) is 5.59 Å². The number of nitrogens with one attached hydrogen (secondary N) is 4. The van der Waals surface area contributed by atoms with Gasteiger partial charge in [0.05, 0.1) is 9.78 Å². The lowest BCUT2D eigenvalue weighted by Gasteiger charge is -2.36. The number of carbonyl (C=O) groups excluding carboxylic acids is 5. The third-order valence-electron chi connectivity index (χ3n) is 10.6. The molecule has 2 saturated carbocycles. The maximum absolute atomic E-state index is 14.6. The number of ketones is 1. The van der Waals surface area contributed by atoms with E-state index in [1.54, 1.807) is 11.8 Å². The van der Waals surface area contributed by atoms with E-state index in [1.807, 2.05) is 50.5 Å². The van der Waals surface area contributed by atoms with Crippen molar-refractivity contribution in [2.75, 3.05) is 6.54 Å². The second-order valence-electron chi connectivity index (χ2n) is 13.8. The van der Waals surface area contributed by atoms with E-state index >= 15 is 0 Å². The number of hydrazine groups is 1. The molecule has 1 aliphatic heterocycles. The largest absolute Gasteiger partial charge is 0.446 e. The monoisotopic (exact) mass is 767 g/mol. The highest BCUT2D eigenvalue weighted by atomic mass is 79.9. The van der Waals surface area contributed by atoms with Crippen LogP contribution in [0.1, 0.15) is 58.1 Å². The van der Waals surface area contributed by atoms with Gasteiger partial charge >= 0.3 is 12.0 Å². The molecule has 12 nitrogen and oxygen atoms in total. The molecule has 1 saturated heterocycles. The second-order valence-corrected chi connectivity index (χ2v) is 16.9. The minimum absolute atomic E-state index is 0.0234. The number of ether oxygens (including phenoxy) is 1. The molecule has 0 aromatic heterocycles. The van der Waals surface area contributed by atoms with Crippen molar-refractivity contribution in [3.8, 4) is 0 Å². The number of amides is 4. The summed E-state index contributed by atoms with van der Waals surface area (Å²) in [6.45, 7) is 8.01. The molecule has 0 bridgehead atoms. The van der Waals surface area contributed by atoms with E-state index in [4.69, 9.17) is 9.94 Å². The van der Waals surface area contributed by atoms with E-state index in [0.29, 0.717) is 12.8 Å². The van der Waals surface area contributed by atoms with E-state index < -0.39 is 41.8 Å². The molecule has 5 N–H and O–H groups in total. The number of alkyl carbamates (subject to hydrolysis) is 1. The topological polar surface area (TPSA) is 166 Å². The first-order valence-corrected chi connectivity index (χ1v) is 17.8. The van der Waals surface area contributed by atoms with Crippen molar-refractivity contribution in [1.29, 1.82) is 0 Å². The van der Waals surface area contributed by atoms with Gasteiger partial charge in [-0.05, 0) is 61.0 Å². The van der Waals surface area contributed by atoms with E-state index in [-0.39, 0.29) is 63.7 Å². The molecule has 0 radical (unpaired) electrons. The van der Waals surface area contributed by atoms with E-state index in [1.165, 1.54) is 5.59 Å². The number of carbonyl (C=O) groups is 5. The number of fused-ring (bicyclic) bond motifs is 2. The molecule has 1 heterocycles. The predicted octanol–water partition coefficient (Wildman–Crippen LogP) is 2.98. The van der Waals surface area contributed by atoms with E-state index in [0.717, 1.165) is 24.0 Å². The SMILES string of the molecule is CC(C)[C@@H](C)OC(=O)N[C@H](C(=O)N1C[C@H]2[C@@H]([C@H]1C(=O)NC(CC1CC1)C(=O)C(=O)NNO)C2(C)C(Br)Br)C1Cc2ccccc2C1. The molecule has 252 valence electrons. The zero-order valence-electron chi connectivity index (χ0n) is 26.4. The van der Waals surface area contributed by atoms with Gasteiger partial charge in [0, 0.05) is 17.9 Å². The zero-order chi connectivity index (χ0) is 33.5. The van der Waals surface area contributed by atoms with Crippen LogP contribution in [0.4, 0.5) is 4.79 Å². The maximum Gasteiger partial charge on any atom is 0.408 e. The highest BCUT2D eigenvalue weighted by Crippen LogP contribution is 2.69. The van der Waals surface area contributed by atoms with Gasteiger partial charge in [0.1, 0.15) is 18.2 Å². The van der Waals surface area contributed by atoms with Crippen LogP contribution in [0.5, 0.6) is 0 Å². The fourth-order valence-corrected chi connectivity index (χ4v) is 8.48. The fourth-order valence-electron chi connectivity index (χ4n) is 7.19. The molecule has 2 unspecified atom stereocenters. The predicted molar refractivity (Wildman–Crippen MR) is 175 cm³/mol. The van der Waals surface area contributed by atoms with Crippen molar-refractivity contribution in [1.82, 2.24) is 26.5 Å². The number of likely N-dealkylation sites (tertiary alicyclic amines) is 1. The Balaban J connectivity index is 1.42. The summed E-state index contributed by atoms with van der Waals surface area (Å²) < 4.78 is 5.48. The highest BCUT2D eigenvalue weighted by Gasteiger charge is 2.74. The molecule has 3 fully saturated rings. The molecule has 46 heavy (non-hydrogen) atoms. The van der Waals surface area contributed by atoms with Gasteiger partial charge in [-0.25, -0.2) is 4.79 Å². The van der Waals surface area contributed by atoms with Crippen LogP contribution >= 0.6 is 31.9 Å². The number of alkyl halides is 2. The number of hydrogen-bond donors (Lipinski definition) is 5. The summed E-state index contributed by atoms with van der Waals surface area (Å²) in [5.41, 5.74) is 5.21. The Labute approximate surface area is 285 Å². The van der Waals surface area contributed by atoms with Crippen LogP contribution in [-0.4, -0.2) is 74.2 Å². The number of rotatable bonds is 13. The number of piperidine rings is 1. The molecule has 4 amide bonds. The van der Waals surface area contributed by atoms with Crippen LogP contribution in [0.15, 0.2) is 24.3 Å². The second kappa shape index (κ2) is 13.9. The Morgan fingerprint density at radius 1 is 1.04 bits per heavy atom. The van der Waals surface area contributed by atoms with Crippen molar-refractivity contribution in [2.45, 2.75) is 87.8 Å². The lowest BCUT2D eigenvalue weighted by molar-refractivity contribution is -0.145. The van der Waals surface area contributed by atoms with Crippen molar-refractivity contribution >= 4 is 61.5 Å². The summed E-state index contributed by atoms with van der Waals surface area (Å²) in [5, 5.41) is 14.6. The van der Waals surface area contributed by atoms with Gasteiger partial charge in [-0.3, -0.25) is 29.8 Å². The van der Waals surface area contributed by atoms with Gasteiger partial charge in [-0.2, -0.15) is 0 Å². The first-order valence-electron chi connectivity index (χ1n) is 15.9. The molecule has 1 aromatic rings. The highest BCUT2D eigenvalue weighted by molar-refractivity contribution is 9.24. The Morgan fingerprint density at radius 2 is 1.67 bits per heavy atom. The van der Waals surface area contributed by atoms with Gasteiger partial charge in [0.2, 0.25) is 17.6 Å². The van der Waals surface area contributed by atoms with E-state index in [9.17, 15) is 24.0 Å². The maximum atomic E-state index is 14.6. The molecule has 14 heteroatoms. The Bertz CT molecular complexity index is 1350. The quantitative estimate of drug-likeness (QED) is 0.116. The smallest absolute Gasteiger partial charge is 0.408 e. The van der Waals surface area contributed by atoms with Crippen molar-refractivity contribution in [2.24, 2.45) is 35.0 Å². The van der Waals surface area contributed by atoms with Gasteiger partial charge in [0.25, 0.3) is 0 Å². The molecule has 0 spiro atoms. The van der Waals surface area contributed by atoms with Crippen molar-refractivity contribution in [3.05, 3.63) is 35.4 Å². The molecule has 3 aliphatic carbocycles. The van der Waals surface area contributed by atoms with Crippen LogP contribution in [0, 0.1) is 35.0 Å². The number of halogens is 2. The van der Waals surface area contributed by atoms with Crippen LogP contribution < -0.4 is 21.6 Å². The first-order chi connectivity index (χ1) is 21.8. The number of benzene rings is 1. The number of hydrogen-bond acceptors (Lipinski definition) is 8. The lowest BCUT2D eigenvalue weighted by Crippen LogP contribution is -2.60. The number of Topliss-reactive ketones (excluding diaryl/α,β-unsaturated/α-hetero) is 1. The van der Waals surface area contributed by atoms with Gasteiger partial charge < -0.3 is 20.3 Å². The van der Waals surface area contributed by atoms with Crippen LogP contribution in [0.25, 0.3) is 0 Å². The van der Waals surface area contributed by atoms with Crippen LogP contribution in [0.2, 0.25) is 0 Å². The molecular formula is C32H43Br2N5O7. The van der Waals surface area contributed by atoms with Crippen molar-refractivity contribution in [3.63, 3.8) is 0 Å². The minimum atomic E-state index is -1.12. The normalized spacial score (nSPS) is 27.0. The third kappa shape index (κ3) is 7.00. The zero-order valence-corrected chi connectivity index (χ0v) is 29.6. The molecule has 4 aliphatic rings. The molecule has 1 aromatic carbocycles. The third-order valence-corrected chi connectivity index (χ3v) is 12.5. The summed E-state index contributed by atoms with van der Waals surface area (Å²) >= 11 is 7.27. The average Bonchev–Trinajstić information content (AvgIpc) is 3.80. The van der Waals surface area contributed by atoms with E-state index in [2.05, 4.69) is 42.5 Å². The summed E-state index contributed by atoms with van der Waals surface area (Å²) in [4.78, 5) is 68.8. The van der Waals surface area contributed by atoms with Gasteiger partial charge in [-0.1, -0.05) is 89.7 Å². The standard InChI is InChI=1S/C32H43Br2N5O7/c1-15(2)16(3)46-31(44)36-24(20-12-18-7-5-6-8-19(18)13-20)29(43)39-14-21-23(32(21,4)30(33)34)25(39)27(41)35-22(11-17-9-10-17)26(40)28(42)37-38-45/h5-8,15-17,20-25,30,38,45H,9-14H2,1-4H3,(H,35,41)(H,36,44)(H,37,42)/t16-,21+,22?,23+,24+,25+,32?/m1/s1. The summed E-state index contributed by atoms with van der Waals surface area (Å²) in [6.07, 6.45) is 2.15. The molecule has 5 rings (SSSR count). The molecular weight excluding hydrogens is 726 g/mol. The first kappa shape index (κ1) is 34.8. The average molecular weight is 770 g/mol. The summed E-state index contributed by atoms with van der Waals surface area (Å²) in [5.74, 6) is -3.13. The van der Waals surface area contributed by atoms with Crippen LogP contribution in [-0.2, 0) is 36.8 Å². The van der Waals surface area contributed by atoms with Crippen LogP contribution in [0.3, 0.4) is 0 Å². The Morgan fingerprint density at radius 3 is 2.22 bits per heavy atom. The molecule has 7 atom stereocenters. The minimum Gasteiger partial charge on any atom is -0.446 e. The summed E-state index contributed by atoms with van der Waals surface area (Å²) in [7, 11) is 0. The Hall–Kier alpha value is -2.55. The fraction of sp³-hybridized carbons (Fsp3) is 0.656. The summed E-state index contributed by atoms with van der Waals surface area (Å²) in [6, 6.07) is 4.94. The number of nitrogens with zero attached hydrogens (tertiary/aromatic N) is 1. The Kier molecular flexibility index (Phi) is 10.5. The lowest BCUT2D eigenvalue weighted by atomic mass is 9.93.